The number of aromatic nitrogens is 1. The lowest BCUT2D eigenvalue weighted by Gasteiger charge is -2.38. The number of pyridine rings is 1. The highest BCUT2D eigenvalue weighted by molar-refractivity contribution is 5.24. The highest BCUT2D eigenvalue weighted by Crippen LogP contribution is 2.38. The second kappa shape index (κ2) is 5.71. The predicted molar refractivity (Wildman–Crippen MR) is 78.0 cm³/mol. The standard InChI is InChI=1S/C17H19FN2/c1-12(14-5-3-7-19-11-14)20-17-9-15(10-17)13-4-2-6-16(18)8-13/h2-8,11-12,15,17,20H,9-10H2,1H3/t12-,15?,17?/m0/s1. The van der Waals surface area contributed by atoms with E-state index >= 15 is 0 Å². The first-order valence-electron chi connectivity index (χ1n) is 7.14. The largest absolute Gasteiger partial charge is 0.307 e. The second-order valence-electron chi connectivity index (χ2n) is 5.59. The van der Waals surface area contributed by atoms with E-state index in [4.69, 9.17) is 0 Å². The summed E-state index contributed by atoms with van der Waals surface area (Å²) in [5.74, 6) is 0.354. The summed E-state index contributed by atoms with van der Waals surface area (Å²) in [4.78, 5) is 4.15. The molecule has 0 aliphatic heterocycles. The van der Waals surface area contributed by atoms with Crippen molar-refractivity contribution in [2.75, 3.05) is 0 Å². The van der Waals surface area contributed by atoms with Gasteiger partial charge in [0, 0.05) is 24.5 Å². The third-order valence-corrected chi connectivity index (χ3v) is 4.13. The Balaban J connectivity index is 1.54. The SMILES string of the molecule is C[C@H](NC1CC(c2cccc(F)c2)C1)c1cccnc1. The quantitative estimate of drug-likeness (QED) is 0.913. The summed E-state index contributed by atoms with van der Waals surface area (Å²) in [5, 5.41) is 3.61. The lowest BCUT2D eigenvalue weighted by atomic mass is 9.75. The summed E-state index contributed by atoms with van der Waals surface area (Å²) in [5.41, 5.74) is 2.33. The van der Waals surface area contributed by atoms with E-state index in [0.29, 0.717) is 18.0 Å². The summed E-state index contributed by atoms with van der Waals surface area (Å²) in [6, 6.07) is 11.9. The normalized spacial score (nSPS) is 23.1. The first-order chi connectivity index (χ1) is 9.72. The maximum atomic E-state index is 13.2. The fraction of sp³-hybridized carbons (Fsp3) is 0.353. The van der Waals surface area contributed by atoms with Gasteiger partial charge >= 0.3 is 0 Å². The van der Waals surface area contributed by atoms with Crippen LogP contribution in [0.4, 0.5) is 4.39 Å². The highest BCUT2D eigenvalue weighted by Gasteiger charge is 2.31. The van der Waals surface area contributed by atoms with Crippen LogP contribution in [0.2, 0.25) is 0 Å². The zero-order chi connectivity index (χ0) is 13.9. The lowest BCUT2D eigenvalue weighted by Crippen LogP contribution is -2.41. The van der Waals surface area contributed by atoms with Gasteiger partial charge in [-0.1, -0.05) is 18.2 Å². The van der Waals surface area contributed by atoms with Crippen molar-refractivity contribution in [1.82, 2.24) is 10.3 Å². The van der Waals surface area contributed by atoms with E-state index in [-0.39, 0.29) is 5.82 Å². The predicted octanol–water partition coefficient (Wildman–Crippen LogP) is 3.82. The van der Waals surface area contributed by atoms with Crippen LogP contribution in [-0.2, 0) is 0 Å². The van der Waals surface area contributed by atoms with Crippen LogP contribution in [0.1, 0.15) is 42.9 Å². The van der Waals surface area contributed by atoms with Gasteiger partial charge < -0.3 is 5.32 Å². The molecule has 1 aromatic heterocycles. The monoisotopic (exact) mass is 270 g/mol. The fourth-order valence-corrected chi connectivity index (χ4v) is 2.87. The number of nitrogens with zero attached hydrogens (tertiary/aromatic N) is 1. The van der Waals surface area contributed by atoms with Gasteiger partial charge in [0.25, 0.3) is 0 Å². The maximum Gasteiger partial charge on any atom is 0.123 e. The molecular formula is C17H19FN2. The van der Waals surface area contributed by atoms with E-state index in [1.54, 1.807) is 18.3 Å². The Kier molecular flexibility index (Phi) is 3.79. The van der Waals surface area contributed by atoms with E-state index in [2.05, 4.69) is 23.3 Å². The molecule has 2 nitrogen and oxygen atoms in total. The molecule has 20 heavy (non-hydrogen) atoms. The molecule has 0 saturated heterocycles. The van der Waals surface area contributed by atoms with Crippen molar-refractivity contribution in [3.05, 3.63) is 65.7 Å². The molecule has 1 aliphatic carbocycles. The second-order valence-corrected chi connectivity index (χ2v) is 5.59. The molecule has 2 aromatic rings. The van der Waals surface area contributed by atoms with Gasteiger partial charge in [-0.05, 0) is 55.0 Å². The van der Waals surface area contributed by atoms with Crippen LogP contribution in [-0.4, -0.2) is 11.0 Å². The molecule has 0 radical (unpaired) electrons. The van der Waals surface area contributed by atoms with Gasteiger partial charge in [0.15, 0.2) is 0 Å². The lowest BCUT2D eigenvalue weighted by molar-refractivity contribution is 0.270. The molecule has 1 saturated carbocycles. The number of hydrogen-bond acceptors (Lipinski definition) is 2. The Morgan fingerprint density at radius 1 is 1.25 bits per heavy atom. The Morgan fingerprint density at radius 2 is 2.10 bits per heavy atom. The average molecular weight is 270 g/mol. The van der Waals surface area contributed by atoms with Crippen LogP contribution in [0.3, 0.4) is 0 Å². The van der Waals surface area contributed by atoms with Crippen molar-refractivity contribution in [3.8, 4) is 0 Å². The molecule has 1 heterocycles. The molecule has 1 aliphatic rings. The molecule has 0 bridgehead atoms. The molecule has 1 fully saturated rings. The van der Waals surface area contributed by atoms with E-state index in [9.17, 15) is 4.39 Å². The first kappa shape index (κ1) is 13.3. The molecular weight excluding hydrogens is 251 g/mol. The maximum absolute atomic E-state index is 13.2. The summed E-state index contributed by atoms with van der Waals surface area (Å²) in [6.07, 6.45) is 5.85. The van der Waals surface area contributed by atoms with Crippen LogP contribution in [0.15, 0.2) is 48.8 Å². The van der Waals surface area contributed by atoms with Gasteiger partial charge in [0.1, 0.15) is 5.82 Å². The van der Waals surface area contributed by atoms with Crippen LogP contribution < -0.4 is 5.32 Å². The summed E-state index contributed by atoms with van der Waals surface area (Å²) < 4.78 is 13.2. The van der Waals surface area contributed by atoms with Gasteiger partial charge in [0.05, 0.1) is 0 Å². The van der Waals surface area contributed by atoms with E-state index < -0.39 is 0 Å². The van der Waals surface area contributed by atoms with Crippen LogP contribution in [0, 0.1) is 5.82 Å². The number of benzene rings is 1. The van der Waals surface area contributed by atoms with Crippen LogP contribution in [0.5, 0.6) is 0 Å². The molecule has 3 rings (SSSR count). The minimum atomic E-state index is -0.136. The zero-order valence-corrected chi connectivity index (χ0v) is 11.6. The molecule has 3 heteroatoms. The van der Waals surface area contributed by atoms with Gasteiger partial charge in [-0.15, -0.1) is 0 Å². The minimum absolute atomic E-state index is 0.136. The highest BCUT2D eigenvalue weighted by atomic mass is 19.1. The van der Waals surface area contributed by atoms with Crippen molar-refractivity contribution in [1.29, 1.82) is 0 Å². The smallest absolute Gasteiger partial charge is 0.123 e. The molecule has 1 N–H and O–H groups in total. The molecule has 104 valence electrons. The topological polar surface area (TPSA) is 24.9 Å². The average Bonchev–Trinajstić information content (AvgIpc) is 2.43. The van der Waals surface area contributed by atoms with E-state index in [0.717, 1.165) is 18.4 Å². The number of hydrogen-bond donors (Lipinski definition) is 1. The Hall–Kier alpha value is -1.74. The molecule has 0 spiro atoms. The van der Waals surface area contributed by atoms with Crippen LogP contribution >= 0.6 is 0 Å². The first-order valence-corrected chi connectivity index (χ1v) is 7.14. The van der Waals surface area contributed by atoms with Gasteiger partial charge in [0.2, 0.25) is 0 Å². The van der Waals surface area contributed by atoms with Gasteiger partial charge in [-0.2, -0.15) is 0 Å². The van der Waals surface area contributed by atoms with Crippen molar-refractivity contribution in [2.45, 2.75) is 37.8 Å². The van der Waals surface area contributed by atoms with E-state index in [1.165, 1.54) is 11.6 Å². The van der Waals surface area contributed by atoms with Crippen molar-refractivity contribution in [2.24, 2.45) is 0 Å². The summed E-state index contributed by atoms with van der Waals surface area (Å²) in [6.45, 7) is 2.16. The molecule has 0 unspecified atom stereocenters. The minimum Gasteiger partial charge on any atom is -0.307 e. The van der Waals surface area contributed by atoms with Gasteiger partial charge in [-0.3, -0.25) is 4.98 Å². The Morgan fingerprint density at radius 3 is 2.80 bits per heavy atom. The Labute approximate surface area is 119 Å². The number of nitrogens with one attached hydrogen (secondary N) is 1. The Bertz CT molecular complexity index is 564. The third-order valence-electron chi connectivity index (χ3n) is 4.13. The third kappa shape index (κ3) is 2.88. The zero-order valence-electron chi connectivity index (χ0n) is 11.6. The van der Waals surface area contributed by atoms with Crippen molar-refractivity contribution < 1.29 is 4.39 Å². The summed E-state index contributed by atoms with van der Waals surface area (Å²) >= 11 is 0. The number of halogens is 1. The van der Waals surface area contributed by atoms with Crippen molar-refractivity contribution in [3.63, 3.8) is 0 Å². The van der Waals surface area contributed by atoms with E-state index in [1.807, 2.05) is 18.3 Å². The molecule has 1 atom stereocenters. The molecule has 0 amide bonds. The summed E-state index contributed by atoms with van der Waals surface area (Å²) in [7, 11) is 0. The van der Waals surface area contributed by atoms with Gasteiger partial charge in [-0.25, -0.2) is 4.39 Å². The molecule has 1 aromatic carbocycles. The fourth-order valence-electron chi connectivity index (χ4n) is 2.87. The van der Waals surface area contributed by atoms with Crippen molar-refractivity contribution >= 4 is 0 Å². The number of rotatable bonds is 4. The van der Waals surface area contributed by atoms with Crippen LogP contribution in [0.25, 0.3) is 0 Å².